The highest BCUT2D eigenvalue weighted by Crippen LogP contribution is 2.27. The van der Waals surface area contributed by atoms with Gasteiger partial charge in [0.05, 0.1) is 19.2 Å². The van der Waals surface area contributed by atoms with Gasteiger partial charge in [0.2, 0.25) is 0 Å². The summed E-state index contributed by atoms with van der Waals surface area (Å²) in [5.74, 6) is -0.490. The number of hydrogen-bond acceptors (Lipinski definition) is 4. The zero-order valence-electron chi connectivity index (χ0n) is 10.8. The lowest BCUT2D eigenvalue weighted by Crippen LogP contribution is -2.01. The molecule has 0 amide bonds. The zero-order valence-corrected chi connectivity index (χ0v) is 11.6. The third-order valence-corrected chi connectivity index (χ3v) is 3.71. The Hall–Kier alpha value is -1.75. The summed E-state index contributed by atoms with van der Waals surface area (Å²) in [4.78, 5) is 15.5. The summed E-state index contributed by atoms with van der Waals surface area (Å²) in [6.45, 7) is 1.86. The number of carbonyl (C=O) groups excluding carboxylic acids is 1. The van der Waals surface area contributed by atoms with E-state index < -0.39 is 0 Å². The number of benzene rings is 1. The molecule has 0 saturated carbocycles. The van der Waals surface area contributed by atoms with Crippen LogP contribution in [0.1, 0.15) is 17.7 Å². The van der Waals surface area contributed by atoms with Crippen LogP contribution in [0.25, 0.3) is 10.6 Å². The van der Waals surface area contributed by atoms with Crippen LogP contribution in [0.4, 0.5) is 4.39 Å². The molecule has 0 aliphatic heterocycles. The van der Waals surface area contributed by atoms with Crippen LogP contribution in [0.2, 0.25) is 0 Å². The van der Waals surface area contributed by atoms with Gasteiger partial charge in [0.15, 0.2) is 0 Å². The molecule has 0 unspecified atom stereocenters. The maximum absolute atomic E-state index is 13.0. The monoisotopic (exact) mass is 279 g/mol. The number of rotatable bonds is 4. The molecular weight excluding hydrogens is 265 g/mol. The Bertz CT molecular complexity index is 595. The van der Waals surface area contributed by atoms with Crippen molar-refractivity contribution < 1.29 is 13.9 Å². The van der Waals surface area contributed by atoms with E-state index in [1.54, 1.807) is 6.07 Å². The Morgan fingerprint density at radius 1 is 1.47 bits per heavy atom. The second kappa shape index (κ2) is 5.93. The normalized spacial score (nSPS) is 10.5. The summed E-state index contributed by atoms with van der Waals surface area (Å²) < 4.78 is 17.6. The fraction of sp³-hybridized carbons (Fsp3) is 0.286. The van der Waals surface area contributed by atoms with E-state index in [1.165, 1.54) is 30.6 Å². The first-order valence-corrected chi connectivity index (χ1v) is 6.76. The van der Waals surface area contributed by atoms with Crippen LogP contribution in [0, 0.1) is 12.7 Å². The molecule has 2 aromatic rings. The molecule has 0 aliphatic rings. The lowest BCUT2D eigenvalue weighted by Gasteiger charge is -2.01. The van der Waals surface area contributed by atoms with Gasteiger partial charge in [-0.1, -0.05) is 0 Å². The number of halogens is 1. The molecule has 0 N–H and O–H groups in total. The third kappa shape index (κ3) is 3.38. The number of ether oxygens (including phenoxy) is 1. The van der Waals surface area contributed by atoms with Crippen LogP contribution < -0.4 is 0 Å². The van der Waals surface area contributed by atoms with Gasteiger partial charge in [-0.25, -0.2) is 9.37 Å². The van der Waals surface area contributed by atoms with Crippen molar-refractivity contribution in [3.05, 3.63) is 40.7 Å². The van der Waals surface area contributed by atoms with Crippen LogP contribution in [0.15, 0.2) is 23.6 Å². The van der Waals surface area contributed by atoms with E-state index in [0.717, 1.165) is 21.8 Å². The summed E-state index contributed by atoms with van der Waals surface area (Å²) in [6.07, 6.45) is 0.880. The second-order valence-electron chi connectivity index (χ2n) is 4.18. The van der Waals surface area contributed by atoms with Gasteiger partial charge in [-0.15, -0.1) is 11.3 Å². The standard InChI is InChI=1S/C14H14FNO2S/c1-9-7-10(15)3-5-12(9)14-16-11(8-19-14)4-6-13(17)18-2/h3,5,7-8H,4,6H2,1-2H3. The number of esters is 1. The van der Waals surface area contributed by atoms with Crippen molar-refractivity contribution >= 4 is 17.3 Å². The summed E-state index contributed by atoms with van der Waals surface area (Å²) >= 11 is 1.50. The van der Waals surface area contributed by atoms with Gasteiger partial charge in [0.1, 0.15) is 10.8 Å². The number of aromatic nitrogens is 1. The first-order chi connectivity index (χ1) is 9.10. The molecule has 0 saturated heterocycles. The average Bonchev–Trinajstić information content (AvgIpc) is 2.84. The van der Waals surface area contributed by atoms with Gasteiger partial charge in [0.25, 0.3) is 0 Å². The first-order valence-electron chi connectivity index (χ1n) is 5.88. The lowest BCUT2D eigenvalue weighted by atomic mass is 10.1. The molecule has 0 atom stereocenters. The van der Waals surface area contributed by atoms with Crippen LogP contribution >= 0.6 is 11.3 Å². The highest BCUT2D eigenvalue weighted by molar-refractivity contribution is 7.13. The van der Waals surface area contributed by atoms with E-state index in [0.29, 0.717) is 12.8 Å². The lowest BCUT2D eigenvalue weighted by molar-refractivity contribution is -0.140. The van der Waals surface area contributed by atoms with Crippen molar-refractivity contribution in [3.63, 3.8) is 0 Å². The Balaban J connectivity index is 2.14. The Morgan fingerprint density at radius 2 is 2.26 bits per heavy atom. The van der Waals surface area contributed by atoms with Crippen LogP contribution in [-0.4, -0.2) is 18.1 Å². The van der Waals surface area contributed by atoms with Gasteiger partial charge in [0, 0.05) is 17.4 Å². The molecule has 3 nitrogen and oxygen atoms in total. The van der Waals surface area contributed by atoms with Crippen molar-refractivity contribution in [1.29, 1.82) is 0 Å². The number of nitrogens with zero attached hydrogens (tertiary/aromatic N) is 1. The predicted molar refractivity (Wildman–Crippen MR) is 72.6 cm³/mol. The largest absolute Gasteiger partial charge is 0.469 e. The highest BCUT2D eigenvalue weighted by atomic mass is 32.1. The van der Waals surface area contributed by atoms with Gasteiger partial charge < -0.3 is 4.74 Å². The molecular formula is C14H14FNO2S. The quantitative estimate of drug-likeness (QED) is 0.806. The molecule has 0 radical (unpaired) electrons. The highest BCUT2D eigenvalue weighted by Gasteiger charge is 2.09. The number of hydrogen-bond donors (Lipinski definition) is 0. The maximum atomic E-state index is 13.0. The molecule has 1 aromatic heterocycles. The van der Waals surface area contributed by atoms with Crippen LogP contribution in [0.3, 0.4) is 0 Å². The van der Waals surface area contributed by atoms with E-state index in [1.807, 2.05) is 12.3 Å². The SMILES string of the molecule is COC(=O)CCc1csc(-c2ccc(F)cc2C)n1. The maximum Gasteiger partial charge on any atom is 0.305 e. The average molecular weight is 279 g/mol. The minimum absolute atomic E-state index is 0.243. The van der Waals surface area contributed by atoms with E-state index in [9.17, 15) is 9.18 Å². The number of carbonyl (C=O) groups is 1. The smallest absolute Gasteiger partial charge is 0.305 e. The summed E-state index contributed by atoms with van der Waals surface area (Å²) in [5, 5.41) is 2.76. The van der Waals surface area contributed by atoms with Gasteiger partial charge in [-0.3, -0.25) is 4.79 Å². The molecule has 0 bridgehead atoms. The molecule has 1 aromatic carbocycles. The molecule has 0 fully saturated rings. The molecule has 19 heavy (non-hydrogen) atoms. The van der Waals surface area contributed by atoms with Crippen molar-refractivity contribution in [1.82, 2.24) is 4.98 Å². The second-order valence-corrected chi connectivity index (χ2v) is 5.04. The zero-order chi connectivity index (χ0) is 13.8. The first kappa shape index (κ1) is 13.7. The van der Waals surface area contributed by atoms with Gasteiger partial charge in [-0.2, -0.15) is 0 Å². The fourth-order valence-electron chi connectivity index (χ4n) is 1.74. The van der Waals surface area contributed by atoms with Gasteiger partial charge in [-0.05, 0) is 30.7 Å². The van der Waals surface area contributed by atoms with Crippen molar-refractivity contribution in [3.8, 4) is 10.6 Å². The molecule has 5 heteroatoms. The van der Waals surface area contributed by atoms with E-state index in [2.05, 4.69) is 9.72 Å². The van der Waals surface area contributed by atoms with Crippen LogP contribution in [0.5, 0.6) is 0 Å². The predicted octanol–water partition coefficient (Wildman–Crippen LogP) is 3.36. The Morgan fingerprint density at radius 3 is 2.95 bits per heavy atom. The minimum Gasteiger partial charge on any atom is -0.469 e. The summed E-state index contributed by atoms with van der Waals surface area (Å²) in [7, 11) is 1.37. The molecule has 0 aliphatic carbocycles. The van der Waals surface area contributed by atoms with Crippen LogP contribution in [-0.2, 0) is 16.0 Å². The Labute approximate surface area is 115 Å². The molecule has 100 valence electrons. The number of aryl methyl sites for hydroxylation is 2. The van der Waals surface area contributed by atoms with Crippen molar-refractivity contribution in [2.24, 2.45) is 0 Å². The van der Waals surface area contributed by atoms with Crippen molar-refractivity contribution in [2.45, 2.75) is 19.8 Å². The molecule has 0 spiro atoms. The van der Waals surface area contributed by atoms with E-state index >= 15 is 0 Å². The van der Waals surface area contributed by atoms with E-state index in [4.69, 9.17) is 0 Å². The Kier molecular flexibility index (Phi) is 4.27. The van der Waals surface area contributed by atoms with Crippen molar-refractivity contribution in [2.75, 3.05) is 7.11 Å². The topological polar surface area (TPSA) is 39.2 Å². The van der Waals surface area contributed by atoms with Gasteiger partial charge >= 0.3 is 5.97 Å². The molecule has 2 rings (SSSR count). The number of methoxy groups -OCH3 is 1. The minimum atomic E-state index is -0.247. The summed E-state index contributed by atoms with van der Waals surface area (Å²) in [5.41, 5.74) is 2.64. The third-order valence-electron chi connectivity index (χ3n) is 2.78. The molecule has 1 heterocycles. The van der Waals surface area contributed by atoms with E-state index in [-0.39, 0.29) is 11.8 Å². The summed E-state index contributed by atoms with van der Waals surface area (Å²) in [6, 6.07) is 4.65. The number of thiazole rings is 1. The fourth-order valence-corrected chi connectivity index (χ4v) is 2.69.